The SMILES string of the molecule is C=CC(=O)NC(C)COS(=O)O. The van der Waals surface area contributed by atoms with Gasteiger partial charge >= 0.3 is 11.4 Å². The minimum Gasteiger partial charge on any atom is -0.348 e. The highest BCUT2D eigenvalue weighted by molar-refractivity contribution is 7.74. The number of amides is 1. The van der Waals surface area contributed by atoms with Crippen molar-refractivity contribution >= 4 is 17.3 Å². The van der Waals surface area contributed by atoms with Crippen LogP contribution < -0.4 is 5.32 Å². The first-order valence-electron chi connectivity index (χ1n) is 3.23. The molecule has 70 valence electrons. The standard InChI is InChI=1S/C6H11NO4S/c1-3-6(8)7-5(2)4-11-12(9)10/h3,5H,1,4H2,2H3,(H,7,8)(H,9,10). The van der Waals surface area contributed by atoms with Gasteiger partial charge in [0.15, 0.2) is 0 Å². The molecule has 2 N–H and O–H groups in total. The normalized spacial score (nSPS) is 14.8. The first-order chi connectivity index (χ1) is 5.56. The summed E-state index contributed by atoms with van der Waals surface area (Å²) in [5, 5.41) is 2.46. The molecule has 0 aliphatic carbocycles. The third-order valence-corrected chi connectivity index (χ3v) is 1.33. The number of rotatable bonds is 5. The first kappa shape index (κ1) is 11.3. The van der Waals surface area contributed by atoms with Gasteiger partial charge in [-0.3, -0.25) is 13.5 Å². The van der Waals surface area contributed by atoms with E-state index in [1.54, 1.807) is 6.92 Å². The quantitative estimate of drug-likeness (QED) is 0.469. The summed E-state index contributed by atoms with van der Waals surface area (Å²) in [7, 11) is 0. The van der Waals surface area contributed by atoms with E-state index in [9.17, 15) is 9.00 Å². The number of nitrogens with one attached hydrogen (secondary N) is 1. The predicted octanol–water partition coefficient (Wildman–Crippen LogP) is -0.170. The summed E-state index contributed by atoms with van der Waals surface area (Å²) < 4.78 is 22.6. The second-order valence-corrected chi connectivity index (χ2v) is 2.79. The van der Waals surface area contributed by atoms with Crippen LogP contribution in [0.2, 0.25) is 0 Å². The maximum absolute atomic E-state index is 10.6. The van der Waals surface area contributed by atoms with Crippen molar-refractivity contribution in [3.63, 3.8) is 0 Å². The average Bonchev–Trinajstić information content (AvgIpc) is 2.00. The molecule has 0 spiro atoms. The fourth-order valence-corrected chi connectivity index (χ4v) is 0.824. The highest BCUT2D eigenvalue weighted by Gasteiger charge is 2.05. The molecule has 2 unspecified atom stereocenters. The number of carbonyl (C=O) groups is 1. The smallest absolute Gasteiger partial charge is 0.301 e. The molecular formula is C6H11NO4S. The van der Waals surface area contributed by atoms with E-state index in [4.69, 9.17) is 4.55 Å². The zero-order chi connectivity index (χ0) is 9.56. The molecule has 0 heterocycles. The van der Waals surface area contributed by atoms with Crippen LogP contribution in [-0.4, -0.2) is 27.3 Å². The second kappa shape index (κ2) is 5.87. The van der Waals surface area contributed by atoms with Gasteiger partial charge in [-0.15, -0.1) is 0 Å². The Morgan fingerprint density at radius 1 is 1.92 bits per heavy atom. The molecule has 5 nitrogen and oxygen atoms in total. The molecule has 0 bridgehead atoms. The van der Waals surface area contributed by atoms with Crippen LogP contribution in [-0.2, 0) is 20.3 Å². The summed E-state index contributed by atoms with van der Waals surface area (Å²) in [5.74, 6) is -0.338. The predicted molar refractivity (Wildman–Crippen MR) is 44.5 cm³/mol. The number of hydrogen-bond donors (Lipinski definition) is 2. The minimum atomic E-state index is -2.28. The van der Waals surface area contributed by atoms with Gasteiger partial charge < -0.3 is 5.32 Å². The summed E-state index contributed by atoms with van der Waals surface area (Å²) in [6, 6.07) is -0.313. The molecule has 6 heteroatoms. The van der Waals surface area contributed by atoms with Gasteiger partial charge in [0.1, 0.15) is 0 Å². The van der Waals surface area contributed by atoms with E-state index < -0.39 is 11.4 Å². The van der Waals surface area contributed by atoms with Gasteiger partial charge in [-0.05, 0) is 13.0 Å². The molecule has 12 heavy (non-hydrogen) atoms. The molecule has 0 aromatic carbocycles. The molecule has 0 fully saturated rings. The van der Waals surface area contributed by atoms with Crippen molar-refractivity contribution in [2.75, 3.05) is 6.61 Å². The molecule has 0 aliphatic rings. The van der Waals surface area contributed by atoms with Gasteiger partial charge in [0.2, 0.25) is 5.91 Å². The van der Waals surface area contributed by atoms with Crippen LogP contribution in [0.1, 0.15) is 6.92 Å². The summed E-state index contributed by atoms with van der Waals surface area (Å²) in [4.78, 5) is 10.6. The first-order valence-corrected chi connectivity index (χ1v) is 4.26. The molecule has 0 aliphatic heterocycles. The van der Waals surface area contributed by atoms with E-state index in [1.165, 1.54) is 0 Å². The van der Waals surface area contributed by atoms with E-state index in [2.05, 4.69) is 16.1 Å². The number of carbonyl (C=O) groups excluding carboxylic acids is 1. The van der Waals surface area contributed by atoms with Crippen molar-refractivity contribution in [2.45, 2.75) is 13.0 Å². The van der Waals surface area contributed by atoms with Crippen molar-refractivity contribution in [3.05, 3.63) is 12.7 Å². The molecule has 0 aromatic rings. The van der Waals surface area contributed by atoms with Gasteiger partial charge in [0.25, 0.3) is 0 Å². The van der Waals surface area contributed by atoms with Crippen molar-refractivity contribution in [3.8, 4) is 0 Å². The van der Waals surface area contributed by atoms with Crippen LogP contribution >= 0.6 is 0 Å². The van der Waals surface area contributed by atoms with E-state index in [0.717, 1.165) is 6.08 Å². The maximum atomic E-state index is 10.6. The largest absolute Gasteiger partial charge is 0.348 e. The van der Waals surface area contributed by atoms with E-state index in [-0.39, 0.29) is 18.6 Å². The van der Waals surface area contributed by atoms with Gasteiger partial charge in [-0.2, -0.15) is 4.21 Å². The molecule has 0 radical (unpaired) electrons. The fourth-order valence-electron chi connectivity index (χ4n) is 0.504. The van der Waals surface area contributed by atoms with Gasteiger partial charge in [0, 0.05) is 0 Å². The average molecular weight is 193 g/mol. The Balaban J connectivity index is 3.59. The van der Waals surface area contributed by atoms with Crippen LogP contribution in [0.15, 0.2) is 12.7 Å². The molecule has 1 amide bonds. The Morgan fingerprint density at radius 2 is 2.50 bits per heavy atom. The van der Waals surface area contributed by atoms with Crippen molar-refractivity contribution in [1.29, 1.82) is 0 Å². The fraction of sp³-hybridized carbons (Fsp3) is 0.500. The minimum absolute atomic E-state index is 0.0112. The Kier molecular flexibility index (Phi) is 5.52. The molecule has 2 atom stereocenters. The molecular weight excluding hydrogens is 182 g/mol. The third kappa shape index (κ3) is 6.02. The molecule has 0 saturated heterocycles. The Hall–Kier alpha value is -0.720. The van der Waals surface area contributed by atoms with E-state index in [0.29, 0.717) is 0 Å². The zero-order valence-electron chi connectivity index (χ0n) is 6.65. The summed E-state index contributed by atoms with van der Waals surface area (Å²) in [5.41, 5.74) is 0. The molecule has 0 rings (SSSR count). The van der Waals surface area contributed by atoms with Crippen LogP contribution in [0.25, 0.3) is 0 Å². The summed E-state index contributed by atoms with van der Waals surface area (Å²) >= 11 is -2.28. The van der Waals surface area contributed by atoms with Crippen LogP contribution in [0, 0.1) is 0 Å². The lowest BCUT2D eigenvalue weighted by atomic mass is 10.3. The maximum Gasteiger partial charge on any atom is 0.301 e. The molecule has 0 saturated carbocycles. The lowest BCUT2D eigenvalue weighted by Crippen LogP contribution is -2.34. The van der Waals surface area contributed by atoms with Crippen LogP contribution in [0.4, 0.5) is 0 Å². The highest BCUT2D eigenvalue weighted by atomic mass is 32.2. The summed E-state index contributed by atoms with van der Waals surface area (Å²) in [6.45, 7) is 4.88. The van der Waals surface area contributed by atoms with Crippen LogP contribution in [0.3, 0.4) is 0 Å². The molecule has 0 aromatic heterocycles. The second-order valence-electron chi connectivity index (χ2n) is 2.12. The zero-order valence-corrected chi connectivity index (χ0v) is 7.47. The summed E-state index contributed by atoms with van der Waals surface area (Å²) in [6.07, 6.45) is 1.12. The lowest BCUT2D eigenvalue weighted by molar-refractivity contribution is -0.117. The highest BCUT2D eigenvalue weighted by Crippen LogP contribution is 1.86. The van der Waals surface area contributed by atoms with Gasteiger partial charge in [0.05, 0.1) is 12.6 Å². The topological polar surface area (TPSA) is 75.6 Å². The van der Waals surface area contributed by atoms with Crippen LogP contribution in [0.5, 0.6) is 0 Å². The van der Waals surface area contributed by atoms with Gasteiger partial charge in [-0.25, -0.2) is 0 Å². The van der Waals surface area contributed by atoms with E-state index >= 15 is 0 Å². The Bertz CT molecular complexity index is 194. The third-order valence-electron chi connectivity index (χ3n) is 0.993. The van der Waals surface area contributed by atoms with Gasteiger partial charge in [-0.1, -0.05) is 6.58 Å². The Morgan fingerprint density at radius 3 is 2.92 bits per heavy atom. The van der Waals surface area contributed by atoms with Crippen molar-refractivity contribution in [1.82, 2.24) is 5.32 Å². The Labute approximate surface area is 73.3 Å². The van der Waals surface area contributed by atoms with Crippen molar-refractivity contribution < 1.29 is 17.7 Å². The number of hydrogen-bond acceptors (Lipinski definition) is 3. The monoisotopic (exact) mass is 193 g/mol. The van der Waals surface area contributed by atoms with Crippen molar-refractivity contribution in [2.24, 2.45) is 0 Å². The van der Waals surface area contributed by atoms with E-state index in [1.807, 2.05) is 0 Å². The lowest BCUT2D eigenvalue weighted by Gasteiger charge is -2.09.